The molecule has 1 rings (SSSR count). The second-order valence-electron chi connectivity index (χ2n) is 1.95. The number of aliphatic hydroxyl groups excluding tert-OH is 2. The highest BCUT2D eigenvalue weighted by atomic mass is 35.5. The van der Waals surface area contributed by atoms with Gasteiger partial charge in [0.15, 0.2) is 0 Å². The van der Waals surface area contributed by atoms with Gasteiger partial charge in [0.05, 0.1) is 18.2 Å². The van der Waals surface area contributed by atoms with Gasteiger partial charge in [-0.05, 0) is 0 Å². The standard InChI is InChI=1S/C4H9NO2.ClH/c5-4-2(6)1-3(4)7;/h2-4,6-7H,1,5H2;1H/t2-,3-;/m0./s1. The van der Waals surface area contributed by atoms with Crippen LogP contribution in [0.2, 0.25) is 0 Å². The quantitative estimate of drug-likeness (QED) is 0.398. The van der Waals surface area contributed by atoms with Crippen LogP contribution < -0.4 is 5.73 Å². The summed E-state index contributed by atoms with van der Waals surface area (Å²) in [5, 5.41) is 17.2. The van der Waals surface area contributed by atoms with E-state index in [1.165, 1.54) is 0 Å². The van der Waals surface area contributed by atoms with Crippen molar-refractivity contribution in [1.29, 1.82) is 0 Å². The lowest BCUT2D eigenvalue weighted by Gasteiger charge is -2.34. The Hall–Kier alpha value is 0.170. The van der Waals surface area contributed by atoms with Gasteiger partial charge in [0, 0.05) is 6.42 Å². The maximum atomic E-state index is 8.60. The highest BCUT2D eigenvalue weighted by Gasteiger charge is 2.34. The Labute approximate surface area is 53.9 Å². The number of hydrogen-bond acceptors (Lipinski definition) is 3. The number of aliphatic hydroxyl groups is 2. The van der Waals surface area contributed by atoms with E-state index < -0.39 is 12.2 Å². The van der Waals surface area contributed by atoms with Gasteiger partial charge >= 0.3 is 0 Å². The van der Waals surface area contributed by atoms with Crippen molar-refractivity contribution in [3.63, 3.8) is 0 Å². The molecule has 1 aliphatic carbocycles. The number of rotatable bonds is 0. The predicted octanol–water partition coefficient (Wildman–Crippen LogP) is -1.14. The lowest BCUT2D eigenvalue weighted by Crippen LogP contribution is -2.56. The summed E-state index contributed by atoms with van der Waals surface area (Å²) in [5.74, 6) is 0. The molecule has 0 heterocycles. The van der Waals surface area contributed by atoms with Gasteiger partial charge in [0.1, 0.15) is 0 Å². The molecule has 0 spiro atoms. The van der Waals surface area contributed by atoms with E-state index in [1.807, 2.05) is 0 Å². The van der Waals surface area contributed by atoms with Gasteiger partial charge in [-0.25, -0.2) is 0 Å². The van der Waals surface area contributed by atoms with Crippen LogP contribution in [0.5, 0.6) is 0 Å². The molecular weight excluding hydrogens is 130 g/mol. The first-order chi connectivity index (χ1) is 3.22. The maximum absolute atomic E-state index is 8.60. The summed E-state index contributed by atoms with van der Waals surface area (Å²) in [4.78, 5) is 0. The molecule has 0 bridgehead atoms. The molecule has 1 saturated carbocycles. The van der Waals surface area contributed by atoms with E-state index in [9.17, 15) is 0 Å². The van der Waals surface area contributed by atoms with Crippen LogP contribution in [-0.2, 0) is 0 Å². The summed E-state index contributed by atoms with van der Waals surface area (Å²) in [7, 11) is 0. The molecule has 2 atom stereocenters. The Morgan fingerprint density at radius 2 is 1.62 bits per heavy atom. The summed E-state index contributed by atoms with van der Waals surface area (Å²) in [6.45, 7) is 0. The molecule has 4 heteroatoms. The van der Waals surface area contributed by atoms with Crippen molar-refractivity contribution >= 4 is 12.4 Å². The molecular formula is C4H10ClNO2. The summed E-state index contributed by atoms with van der Waals surface area (Å²) in [6, 6.07) is -0.389. The van der Waals surface area contributed by atoms with Crippen LogP contribution in [-0.4, -0.2) is 28.5 Å². The van der Waals surface area contributed by atoms with Gasteiger partial charge in [0.25, 0.3) is 0 Å². The summed E-state index contributed by atoms with van der Waals surface area (Å²) in [5.41, 5.74) is 5.17. The molecule has 0 saturated heterocycles. The molecule has 0 aromatic heterocycles. The Bertz CT molecular complexity index is 72.4. The Morgan fingerprint density at radius 1 is 1.25 bits per heavy atom. The second-order valence-corrected chi connectivity index (χ2v) is 1.95. The zero-order chi connectivity index (χ0) is 5.44. The highest BCUT2D eigenvalue weighted by molar-refractivity contribution is 5.85. The van der Waals surface area contributed by atoms with E-state index >= 15 is 0 Å². The minimum atomic E-state index is -0.463. The van der Waals surface area contributed by atoms with Gasteiger partial charge in [-0.2, -0.15) is 0 Å². The SMILES string of the molecule is Cl.NC1[C@@H](O)C[C@@H]1O. The normalized spacial score (nSPS) is 37.9. The van der Waals surface area contributed by atoms with Crippen LogP contribution in [0.15, 0.2) is 0 Å². The molecule has 1 aliphatic rings. The molecule has 0 amide bonds. The Morgan fingerprint density at radius 3 is 1.62 bits per heavy atom. The van der Waals surface area contributed by atoms with Crippen LogP contribution in [0.1, 0.15) is 6.42 Å². The van der Waals surface area contributed by atoms with E-state index in [0.717, 1.165) is 0 Å². The van der Waals surface area contributed by atoms with Crippen molar-refractivity contribution in [3.8, 4) is 0 Å². The van der Waals surface area contributed by atoms with Crippen LogP contribution in [0, 0.1) is 0 Å². The van der Waals surface area contributed by atoms with E-state index in [1.54, 1.807) is 0 Å². The Kier molecular flexibility index (Phi) is 2.70. The van der Waals surface area contributed by atoms with Gasteiger partial charge in [-0.3, -0.25) is 0 Å². The molecule has 0 aromatic rings. The van der Waals surface area contributed by atoms with Crippen molar-refractivity contribution in [2.75, 3.05) is 0 Å². The first-order valence-corrected chi connectivity index (χ1v) is 2.33. The van der Waals surface area contributed by atoms with Crippen molar-refractivity contribution < 1.29 is 10.2 Å². The van der Waals surface area contributed by atoms with Crippen molar-refractivity contribution in [2.45, 2.75) is 24.7 Å². The molecule has 0 aromatic carbocycles. The van der Waals surface area contributed by atoms with E-state index in [4.69, 9.17) is 15.9 Å². The molecule has 4 N–H and O–H groups in total. The fourth-order valence-electron chi connectivity index (χ4n) is 0.622. The molecule has 50 valence electrons. The average Bonchev–Trinajstić information content (AvgIpc) is 1.68. The zero-order valence-corrected chi connectivity index (χ0v) is 5.14. The molecule has 8 heavy (non-hydrogen) atoms. The third kappa shape index (κ3) is 1.11. The monoisotopic (exact) mass is 139 g/mol. The van der Waals surface area contributed by atoms with Crippen LogP contribution in [0.25, 0.3) is 0 Å². The van der Waals surface area contributed by atoms with Crippen LogP contribution in [0.4, 0.5) is 0 Å². The number of hydrogen-bond donors (Lipinski definition) is 3. The van der Waals surface area contributed by atoms with E-state index in [2.05, 4.69) is 0 Å². The first-order valence-electron chi connectivity index (χ1n) is 2.33. The first kappa shape index (κ1) is 8.17. The zero-order valence-electron chi connectivity index (χ0n) is 4.32. The summed E-state index contributed by atoms with van der Waals surface area (Å²) in [6.07, 6.45) is -0.480. The van der Waals surface area contributed by atoms with Crippen molar-refractivity contribution in [1.82, 2.24) is 0 Å². The molecule has 0 aliphatic heterocycles. The fraction of sp³-hybridized carbons (Fsp3) is 1.00. The van der Waals surface area contributed by atoms with Crippen molar-refractivity contribution in [3.05, 3.63) is 0 Å². The van der Waals surface area contributed by atoms with E-state index in [-0.39, 0.29) is 18.4 Å². The largest absolute Gasteiger partial charge is 0.391 e. The summed E-state index contributed by atoms with van der Waals surface area (Å²) >= 11 is 0. The lowest BCUT2D eigenvalue weighted by molar-refractivity contribution is -0.0482. The Balaban J connectivity index is 0.000000490. The van der Waals surface area contributed by atoms with Crippen LogP contribution >= 0.6 is 12.4 Å². The molecule has 0 unspecified atom stereocenters. The average molecular weight is 140 g/mol. The van der Waals surface area contributed by atoms with Crippen molar-refractivity contribution in [2.24, 2.45) is 5.73 Å². The smallest absolute Gasteiger partial charge is 0.0741 e. The van der Waals surface area contributed by atoms with Gasteiger partial charge < -0.3 is 15.9 Å². The summed E-state index contributed by atoms with van der Waals surface area (Å²) < 4.78 is 0. The van der Waals surface area contributed by atoms with Gasteiger partial charge in [-0.15, -0.1) is 12.4 Å². The van der Waals surface area contributed by atoms with Crippen LogP contribution in [0.3, 0.4) is 0 Å². The fourth-order valence-corrected chi connectivity index (χ4v) is 0.622. The molecule has 0 radical (unpaired) electrons. The predicted molar refractivity (Wildman–Crippen MR) is 31.9 cm³/mol. The van der Waals surface area contributed by atoms with Gasteiger partial charge in [-0.1, -0.05) is 0 Å². The third-order valence-corrected chi connectivity index (χ3v) is 1.37. The topological polar surface area (TPSA) is 66.5 Å². The molecule has 3 nitrogen and oxygen atoms in total. The minimum absolute atomic E-state index is 0. The minimum Gasteiger partial charge on any atom is -0.391 e. The highest BCUT2D eigenvalue weighted by Crippen LogP contribution is 2.17. The maximum Gasteiger partial charge on any atom is 0.0741 e. The number of nitrogens with two attached hydrogens (primary N) is 1. The number of halogens is 1. The third-order valence-electron chi connectivity index (χ3n) is 1.37. The lowest BCUT2D eigenvalue weighted by atomic mass is 9.87. The molecule has 1 fully saturated rings. The van der Waals surface area contributed by atoms with E-state index in [0.29, 0.717) is 6.42 Å². The van der Waals surface area contributed by atoms with Gasteiger partial charge in [0.2, 0.25) is 0 Å². The second kappa shape index (κ2) is 2.64.